The van der Waals surface area contributed by atoms with Gasteiger partial charge < -0.3 is 20.5 Å². The summed E-state index contributed by atoms with van der Waals surface area (Å²) in [5.41, 5.74) is 0.0938. The topological polar surface area (TPSA) is 70.6 Å². The number of hydrogen-bond acceptors (Lipinski definition) is 4. The number of para-hydroxylation sites is 1. The van der Waals surface area contributed by atoms with Crippen LogP contribution in [0.15, 0.2) is 35.0 Å². The molecule has 0 saturated heterocycles. The molecule has 0 aliphatic heterocycles. The van der Waals surface area contributed by atoms with Crippen LogP contribution in [-0.2, 0) is 5.60 Å². The lowest BCUT2D eigenvalue weighted by Crippen LogP contribution is -2.40. The van der Waals surface area contributed by atoms with Crippen molar-refractivity contribution in [2.45, 2.75) is 12.5 Å². The summed E-state index contributed by atoms with van der Waals surface area (Å²) in [5, 5.41) is 19.8. The standard InChI is InChI=1S/C15H17ClN2O3S/c1-15(20,10-6-7-22-8-10)9-17-14(19)18-12-5-3-4-11(16)13(12)21-2/h3-8,20H,9H2,1-2H3,(H2,17,18,19). The highest BCUT2D eigenvalue weighted by atomic mass is 35.5. The lowest BCUT2D eigenvalue weighted by atomic mass is 9.99. The van der Waals surface area contributed by atoms with E-state index in [1.165, 1.54) is 18.4 Å². The van der Waals surface area contributed by atoms with Crippen molar-refractivity contribution in [3.63, 3.8) is 0 Å². The molecular formula is C15H17ClN2O3S. The highest BCUT2D eigenvalue weighted by Crippen LogP contribution is 2.32. The second-order valence-electron chi connectivity index (χ2n) is 4.91. The van der Waals surface area contributed by atoms with Crippen molar-refractivity contribution in [2.24, 2.45) is 0 Å². The number of hydrogen-bond donors (Lipinski definition) is 3. The van der Waals surface area contributed by atoms with Crippen LogP contribution in [0.25, 0.3) is 0 Å². The van der Waals surface area contributed by atoms with E-state index in [-0.39, 0.29) is 6.54 Å². The van der Waals surface area contributed by atoms with Crippen LogP contribution in [0.2, 0.25) is 5.02 Å². The van der Waals surface area contributed by atoms with E-state index < -0.39 is 11.6 Å². The molecule has 3 N–H and O–H groups in total. The van der Waals surface area contributed by atoms with Crippen molar-refractivity contribution < 1.29 is 14.6 Å². The van der Waals surface area contributed by atoms with Crippen LogP contribution in [0.1, 0.15) is 12.5 Å². The molecule has 2 aromatic rings. The van der Waals surface area contributed by atoms with E-state index >= 15 is 0 Å². The molecule has 0 aliphatic rings. The van der Waals surface area contributed by atoms with E-state index in [0.717, 1.165) is 5.56 Å². The average molecular weight is 341 g/mol. The normalized spacial score (nSPS) is 13.3. The number of amides is 2. The number of aliphatic hydroxyl groups is 1. The first-order valence-electron chi connectivity index (χ1n) is 6.56. The van der Waals surface area contributed by atoms with E-state index in [1.807, 2.05) is 16.8 Å². The minimum Gasteiger partial charge on any atom is -0.493 e. The molecule has 7 heteroatoms. The fourth-order valence-electron chi connectivity index (χ4n) is 1.91. The zero-order valence-corrected chi connectivity index (χ0v) is 13.8. The average Bonchev–Trinajstić information content (AvgIpc) is 3.01. The molecule has 0 bridgehead atoms. The Bertz CT molecular complexity index is 644. The molecule has 0 spiro atoms. The third-order valence-electron chi connectivity index (χ3n) is 3.16. The number of methoxy groups -OCH3 is 1. The number of rotatable bonds is 5. The molecule has 118 valence electrons. The first-order chi connectivity index (χ1) is 10.4. The van der Waals surface area contributed by atoms with Gasteiger partial charge in [0, 0.05) is 0 Å². The molecule has 1 aromatic carbocycles. The van der Waals surface area contributed by atoms with E-state index in [0.29, 0.717) is 16.5 Å². The molecule has 1 atom stereocenters. The second kappa shape index (κ2) is 7.00. The van der Waals surface area contributed by atoms with Crippen LogP contribution in [-0.4, -0.2) is 24.8 Å². The van der Waals surface area contributed by atoms with Gasteiger partial charge in [0.05, 0.1) is 24.4 Å². The summed E-state index contributed by atoms with van der Waals surface area (Å²) in [7, 11) is 1.48. The summed E-state index contributed by atoms with van der Waals surface area (Å²) in [6.45, 7) is 1.73. The van der Waals surface area contributed by atoms with Gasteiger partial charge in [-0.3, -0.25) is 0 Å². The molecule has 0 fully saturated rings. The maximum Gasteiger partial charge on any atom is 0.319 e. The Labute approximate surface area is 137 Å². The Morgan fingerprint density at radius 1 is 1.45 bits per heavy atom. The summed E-state index contributed by atoms with van der Waals surface area (Å²) in [4.78, 5) is 12.0. The van der Waals surface area contributed by atoms with E-state index in [4.69, 9.17) is 16.3 Å². The number of nitrogens with one attached hydrogen (secondary N) is 2. The van der Waals surface area contributed by atoms with Crippen LogP contribution < -0.4 is 15.4 Å². The van der Waals surface area contributed by atoms with E-state index in [2.05, 4.69) is 10.6 Å². The zero-order chi connectivity index (χ0) is 16.2. The SMILES string of the molecule is COc1c(Cl)cccc1NC(=O)NCC(C)(O)c1ccsc1. The Morgan fingerprint density at radius 3 is 2.86 bits per heavy atom. The molecule has 1 aromatic heterocycles. The largest absolute Gasteiger partial charge is 0.493 e. The fraction of sp³-hybridized carbons (Fsp3) is 0.267. The van der Waals surface area contributed by atoms with Gasteiger partial charge in [-0.15, -0.1) is 0 Å². The van der Waals surface area contributed by atoms with Gasteiger partial charge in [0.15, 0.2) is 5.75 Å². The van der Waals surface area contributed by atoms with Gasteiger partial charge in [-0.1, -0.05) is 17.7 Å². The number of thiophene rings is 1. The summed E-state index contributed by atoms with van der Waals surface area (Å²) in [5.74, 6) is 0.393. The first kappa shape index (κ1) is 16.6. The molecule has 1 heterocycles. The number of benzene rings is 1. The maximum atomic E-state index is 12.0. The Kier molecular flexibility index (Phi) is 5.28. The van der Waals surface area contributed by atoms with Crippen molar-refractivity contribution in [3.05, 3.63) is 45.6 Å². The Balaban J connectivity index is 1.98. The number of ether oxygens (including phenoxy) is 1. The van der Waals surface area contributed by atoms with E-state index in [1.54, 1.807) is 25.1 Å². The van der Waals surface area contributed by atoms with Crippen LogP contribution in [0, 0.1) is 0 Å². The van der Waals surface area contributed by atoms with Gasteiger partial charge in [0.1, 0.15) is 5.60 Å². The second-order valence-corrected chi connectivity index (χ2v) is 6.10. The van der Waals surface area contributed by atoms with Crippen LogP contribution in [0.4, 0.5) is 10.5 Å². The molecule has 2 amide bonds. The van der Waals surface area contributed by atoms with Gasteiger partial charge >= 0.3 is 6.03 Å². The highest BCUT2D eigenvalue weighted by Gasteiger charge is 2.24. The summed E-state index contributed by atoms with van der Waals surface area (Å²) in [6.07, 6.45) is 0. The summed E-state index contributed by atoms with van der Waals surface area (Å²) in [6, 6.07) is 6.44. The summed E-state index contributed by atoms with van der Waals surface area (Å²) >= 11 is 7.48. The van der Waals surface area contributed by atoms with Crippen LogP contribution >= 0.6 is 22.9 Å². The van der Waals surface area contributed by atoms with Crippen molar-refractivity contribution in [1.29, 1.82) is 0 Å². The molecule has 0 aliphatic carbocycles. The third kappa shape index (κ3) is 3.91. The Morgan fingerprint density at radius 2 is 2.23 bits per heavy atom. The third-order valence-corrected chi connectivity index (χ3v) is 4.14. The predicted octanol–water partition coefficient (Wildman–Crippen LogP) is 3.44. The lowest BCUT2D eigenvalue weighted by Gasteiger charge is -2.23. The van der Waals surface area contributed by atoms with Crippen molar-refractivity contribution in [1.82, 2.24) is 5.32 Å². The van der Waals surface area contributed by atoms with E-state index in [9.17, 15) is 9.90 Å². The number of anilines is 1. The minimum absolute atomic E-state index is 0.0818. The van der Waals surface area contributed by atoms with Crippen LogP contribution in [0.5, 0.6) is 5.75 Å². The number of carbonyl (C=O) groups is 1. The lowest BCUT2D eigenvalue weighted by molar-refractivity contribution is 0.0604. The maximum absolute atomic E-state index is 12.0. The van der Waals surface area contributed by atoms with Crippen molar-refractivity contribution in [2.75, 3.05) is 19.0 Å². The molecule has 5 nitrogen and oxygen atoms in total. The number of carbonyl (C=O) groups excluding carboxylic acids is 1. The smallest absolute Gasteiger partial charge is 0.319 e. The Hall–Kier alpha value is -1.76. The van der Waals surface area contributed by atoms with Gasteiger partial charge in [-0.25, -0.2) is 4.79 Å². The fourth-order valence-corrected chi connectivity index (χ4v) is 2.94. The highest BCUT2D eigenvalue weighted by molar-refractivity contribution is 7.08. The van der Waals surface area contributed by atoms with Gasteiger partial charge in [0.25, 0.3) is 0 Å². The molecule has 2 rings (SSSR count). The van der Waals surface area contributed by atoms with Crippen LogP contribution in [0.3, 0.4) is 0 Å². The molecule has 0 radical (unpaired) electrons. The number of halogens is 1. The quantitative estimate of drug-likeness (QED) is 0.780. The first-order valence-corrected chi connectivity index (χ1v) is 7.88. The summed E-state index contributed by atoms with van der Waals surface area (Å²) < 4.78 is 5.16. The predicted molar refractivity (Wildman–Crippen MR) is 88.9 cm³/mol. The molecule has 22 heavy (non-hydrogen) atoms. The van der Waals surface area contributed by atoms with Crippen molar-refractivity contribution >= 4 is 34.7 Å². The van der Waals surface area contributed by atoms with Gasteiger partial charge in [-0.05, 0) is 41.4 Å². The van der Waals surface area contributed by atoms with Crippen molar-refractivity contribution in [3.8, 4) is 5.75 Å². The molecular weight excluding hydrogens is 324 g/mol. The van der Waals surface area contributed by atoms with Gasteiger partial charge in [0.2, 0.25) is 0 Å². The minimum atomic E-state index is -1.13. The van der Waals surface area contributed by atoms with Gasteiger partial charge in [-0.2, -0.15) is 11.3 Å². The monoisotopic (exact) mass is 340 g/mol. The molecule has 0 saturated carbocycles. The zero-order valence-electron chi connectivity index (χ0n) is 12.2. The number of urea groups is 1. The molecule has 1 unspecified atom stereocenters.